The van der Waals surface area contributed by atoms with Crippen molar-refractivity contribution in [1.82, 2.24) is 4.90 Å². The van der Waals surface area contributed by atoms with Gasteiger partial charge in [0.05, 0.1) is 23.1 Å². The van der Waals surface area contributed by atoms with Gasteiger partial charge in [-0.1, -0.05) is 24.3 Å². The maximum atomic E-state index is 13.3. The molecule has 6 heteroatoms. The van der Waals surface area contributed by atoms with E-state index in [-0.39, 0.29) is 28.9 Å². The fraction of sp³-hybridized carbons (Fsp3) is 0.273. The van der Waals surface area contributed by atoms with E-state index in [1.54, 1.807) is 47.4 Å². The Morgan fingerprint density at radius 3 is 2.75 bits per heavy atom. The summed E-state index contributed by atoms with van der Waals surface area (Å²) in [6, 6.07) is 13.0. The molecule has 0 aliphatic carbocycles. The number of amides is 1. The maximum Gasteiger partial charge on any atom is 0.291 e. The van der Waals surface area contributed by atoms with E-state index >= 15 is 0 Å². The molecule has 1 saturated heterocycles. The van der Waals surface area contributed by atoms with E-state index in [1.807, 2.05) is 6.07 Å². The Labute approximate surface area is 161 Å². The van der Waals surface area contributed by atoms with Crippen LogP contribution >= 0.6 is 0 Å². The molecule has 2 aliphatic rings. The first-order valence-corrected chi connectivity index (χ1v) is 9.41. The van der Waals surface area contributed by atoms with Gasteiger partial charge >= 0.3 is 0 Å². The van der Waals surface area contributed by atoms with Gasteiger partial charge in [0.15, 0.2) is 5.43 Å². The summed E-state index contributed by atoms with van der Waals surface area (Å²) >= 11 is 0. The number of hydrogen-bond acceptors (Lipinski definition) is 5. The smallest absolute Gasteiger partial charge is 0.291 e. The topological polar surface area (TPSA) is 80.0 Å². The van der Waals surface area contributed by atoms with E-state index in [4.69, 9.17) is 9.15 Å². The zero-order chi connectivity index (χ0) is 19.3. The summed E-state index contributed by atoms with van der Waals surface area (Å²) in [7, 11) is 0. The van der Waals surface area contributed by atoms with Crippen LogP contribution in [0.15, 0.2) is 57.7 Å². The maximum absolute atomic E-state index is 13.3. The predicted octanol–water partition coefficient (Wildman–Crippen LogP) is 3.22. The van der Waals surface area contributed by atoms with Crippen molar-refractivity contribution in [1.29, 1.82) is 0 Å². The fourth-order valence-electron chi connectivity index (χ4n) is 4.20. The zero-order valence-electron chi connectivity index (χ0n) is 15.1. The number of para-hydroxylation sites is 1. The Morgan fingerprint density at radius 2 is 1.96 bits per heavy atom. The van der Waals surface area contributed by atoms with Crippen LogP contribution in [0.2, 0.25) is 0 Å². The molecule has 1 fully saturated rings. The summed E-state index contributed by atoms with van der Waals surface area (Å²) < 4.78 is 11.6. The van der Waals surface area contributed by atoms with Crippen molar-refractivity contribution >= 4 is 16.9 Å². The molecule has 142 valence electrons. The number of carbonyl (C=O) groups excluding carboxylic acids is 1. The highest BCUT2D eigenvalue weighted by Gasteiger charge is 2.43. The van der Waals surface area contributed by atoms with E-state index < -0.39 is 6.04 Å². The Kier molecular flexibility index (Phi) is 3.94. The standard InChI is InChI=1S/C22H19NO5/c24-14-6-3-5-13(11-14)19-18-20(25)16-8-1-2-9-17(16)28-21(18)22(26)23(19)12-15-7-4-10-27-15/h1-3,5-6,8-9,11,15,19,24H,4,7,10,12H2. The zero-order valence-corrected chi connectivity index (χ0v) is 15.1. The minimum atomic E-state index is -0.611. The molecular formula is C22H19NO5. The molecule has 2 aliphatic heterocycles. The van der Waals surface area contributed by atoms with Crippen molar-refractivity contribution in [2.45, 2.75) is 25.0 Å². The van der Waals surface area contributed by atoms with E-state index in [0.717, 1.165) is 12.8 Å². The van der Waals surface area contributed by atoms with Crippen molar-refractivity contribution in [2.24, 2.45) is 0 Å². The number of hydrogen-bond donors (Lipinski definition) is 1. The van der Waals surface area contributed by atoms with Crippen LogP contribution in [0, 0.1) is 0 Å². The third-order valence-corrected chi connectivity index (χ3v) is 5.48. The van der Waals surface area contributed by atoms with Gasteiger partial charge in [0, 0.05) is 13.2 Å². The first-order valence-electron chi connectivity index (χ1n) is 9.41. The molecule has 3 heterocycles. The highest BCUT2D eigenvalue weighted by molar-refractivity contribution is 5.99. The molecule has 28 heavy (non-hydrogen) atoms. The summed E-state index contributed by atoms with van der Waals surface area (Å²) in [4.78, 5) is 28.1. The number of fused-ring (bicyclic) bond motifs is 2. The third-order valence-electron chi connectivity index (χ3n) is 5.48. The molecule has 2 unspecified atom stereocenters. The Balaban J connectivity index is 1.71. The number of phenolic OH excluding ortho intramolecular Hbond substituents is 1. The van der Waals surface area contributed by atoms with Crippen molar-refractivity contribution in [3.8, 4) is 5.75 Å². The quantitative estimate of drug-likeness (QED) is 0.758. The molecule has 0 bridgehead atoms. The number of aromatic hydroxyl groups is 1. The summed E-state index contributed by atoms with van der Waals surface area (Å²) in [5.41, 5.74) is 1.18. The van der Waals surface area contributed by atoms with Gasteiger partial charge in [-0.3, -0.25) is 9.59 Å². The number of phenols is 1. The first-order chi connectivity index (χ1) is 13.6. The van der Waals surface area contributed by atoms with Gasteiger partial charge < -0.3 is 19.2 Å². The summed E-state index contributed by atoms with van der Waals surface area (Å²) in [6.45, 7) is 1.05. The monoisotopic (exact) mass is 377 g/mol. The molecule has 1 amide bonds. The number of ether oxygens (including phenoxy) is 1. The lowest BCUT2D eigenvalue weighted by molar-refractivity contribution is 0.0486. The van der Waals surface area contributed by atoms with Crippen LogP contribution in [-0.4, -0.2) is 35.2 Å². The molecule has 5 rings (SSSR count). The van der Waals surface area contributed by atoms with Crippen LogP contribution in [0.4, 0.5) is 0 Å². The molecular weight excluding hydrogens is 358 g/mol. The van der Waals surface area contributed by atoms with Gasteiger partial charge in [-0.05, 0) is 42.7 Å². The molecule has 2 atom stereocenters. The number of benzene rings is 2. The lowest BCUT2D eigenvalue weighted by Gasteiger charge is -2.27. The van der Waals surface area contributed by atoms with E-state index in [0.29, 0.717) is 35.2 Å². The lowest BCUT2D eigenvalue weighted by atomic mass is 9.98. The minimum Gasteiger partial charge on any atom is -0.508 e. The Bertz CT molecular complexity index is 1130. The number of carbonyl (C=O) groups is 1. The molecule has 1 aromatic heterocycles. The second kappa shape index (κ2) is 6.49. The van der Waals surface area contributed by atoms with E-state index in [2.05, 4.69) is 0 Å². The van der Waals surface area contributed by atoms with E-state index in [9.17, 15) is 14.7 Å². The molecule has 0 spiro atoms. The van der Waals surface area contributed by atoms with Gasteiger partial charge in [0.2, 0.25) is 5.76 Å². The van der Waals surface area contributed by atoms with Crippen LogP contribution in [0.3, 0.4) is 0 Å². The van der Waals surface area contributed by atoms with Gasteiger partial charge in [-0.2, -0.15) is 0 Å². The molecule has 1 N–H and O–H groups in total. The van der Waals surface area contributed by atoms with Crippen LogP contribution in [0.5, 0.6) is 5.75 Å². The van der Waals surface area contributed by atoms with Gasteiger partial charge in [0.1, 0.15) is 11.3 Å². The first kappa shape index (κ1) is 17.0. The summed E-state index contributed by atoms with van der Waals surface area (Å²) in [6.07, 6.45) is 1.76. The average molecular weight is 377 g/mol. The highest BCUT2D eigenvalue weighted by atomic mass is 16.5. The highest BCUT2D eigenvalue weighted by Crippen LogP contribution is 2.39. The van der Waals surface area contributed by atoms with Gasteiger partial charge in [-0.15, -0.1) is 0 Å². The van der Waals surface area contributed by atoms with Crippen molar-refractivity contribution in [2.75, 3.05) is 13.2 Å². The van der Waals surface area contributed by atoms with Crippen molar-refractivity contribution < 1.29 is 19.1 Å². The van der Waals surface area contributed by atoms with Crippen LogP contribution < -0.4 is 5.43 Å². The third kappa shape index (κ3) is 2.60. The number of rotatable bonds is 3. The molecule has 2 aromatic carbocycles. The lowest BCUT2D eigenvalue weighted by Crippen LogP contribution is -2.36. The van der Waals surface area contributed by atoms with Crippen LogP contribution in [-0.2, 0) is 4.74 Å². The van der Waals surface area contributed by atoms with Crippen LogP contribution in [0.25, 0.3) is 11.0 Å². The largest absolute Gasteiger partial charge is 0.508 e. The molecule has 6 nitrogen and oxygen atoms in total. The Hall–Kier alpha value is -3.12. The second-order valence-electron chi connectivity index (χ2n) is 7.26. The average Bonchev–Trinajstić information content (AvgIpc) is 3.30. The molecule has 0 saturated carbocycles. The minimum absolute atomic E-state index is 0.0670. The Morgan fingerprint density at radius 1 is 1.11 bits per heavy atom. The van der Waals surface area contributed by atoms with Crippen LogP contribution in [0.1, 0.15) is 40.6 Å². The van der Waals surface area contributed by atoms with Gasteiger partial charge in [-0.25, -0.2) is 0 Å². The second-order valence-corrected chi connectivity index (χ2v) is 7.26. The van der Waals surface area contributed by atoms with Crippen molar-refractivity contribution in [3.05, 3.63) is 75.6 Å². The summed E-state index contributed by atoms with van der Waals surface area (Å²) in [5, 5.41) is 10.4. The molecule has 0 radical (unpaired) electrons. The number of nitrogens with zero attached hydrogens (tertiary/aromatic N) is 1. The summed E-state index contributed by atoms with van der Waals surface area (Å²) in [5.74, 6) is -0.155. The normalized spacial score (nSPS) is 21.4. The van der Waals surface area contributed by atoms with Gasteiger partial charge in [0.25, 0.3) is 5.91 Å². The SMILES string of the molecule is O=C1c2oc3ccccc3c(=O)c2C(c2cccc(O)c2)N1CC1CCCO1. The predicted molar refractivity (Wildman–Crippen MR) is 102 cm³/mol. The fourth-order valence-corrected chi connectivity index (χ4v) is 4.20. The van der Waals surface area contributed by atoms with E-state index in [1.165, 1.54) is 0 Å². The van der Waals surface area contributed by atoms with Crippen molar-refractivity contribution in [3.63, 3.8) is 0 Å². The molecule has 3 aromatic rings.